The Kier molecular flexibility index (Phi) is 1.77. The molecule has 2 aliphatic carbocycles. The molecular weight excluding hydrogens is 180 g/mol. The van der Waals surface area contributed by atoms with Crippen molar-refractivity contribution >= 4 is 0 Å². The molecule has 0 aromatic carbocycles. The maximum atomic E-state index is 2.51. The van der Waals surface area contributed by atoms with Crippen molar-refractivity contribution < 1.29 is 0 Å². The highest BCUT2D eigenvalue weighted by molar-refractivity contribution is 5.27. The van der Waals surface area contributed by atoms with Gasteiger partial charge in [0.05, 0.1) is 0 Å². The normalized spacial score (nSPS) is 36.8. The van der Waals surface area contributed by atoms with Gasteiger partial charge < -0.3 is 0 Å². The van der Waals surface area contributed by atoms with Crippen LogP contribution in [0.1, 0.15) is 68.2 Å². The van der Waals surface area contributed by atoms with Crippen LogP contribution in [0.25, 0.3) is 0 Å². The summed E-state index contributed by atoms with van der Waals surface area (Å²) in [5.74, 6) is 0. The van der Waals surface area contributed by atoms with E-state index in [0.717, 1.165) is 0 Å². The van der Waals surface area contributed by atoms with Crippen molar-refractivity contribution in [3.05, 3.63) is 0 Å². The van der Waals surface area contributed by atoms with E-state index in [0.29, 0.717) is 27.1 Å². The standard InChI is InChI=1S/C15H28/c1-11(2)12(3,4)14(7,8)15(9-10-15)13(11,5)6/h9-10H2,1-8H3. The van der Waals surface area contributed by atoms with Gasteiger partial charge in [0.15, 0.2) is 0 Å². The largest absolute Gasteiger partial charge is 0.0588 e. The molecule has 0 aromatic rings. The van der Waals surface area contributed by atoms with Gasteiger partial charge >= 0.3 is 0 Å². The topological polar surface area (TPSA) is 0 Å². The first-order chi connectivity index (χ1) is 6.46. The molecule has 0 heteroatoms. The summed E-state index contributed by atoms with van der Waals surface area (Å²) >= 11 is 0. The van der Waals surface area contributed by atoms with Crippen molar-refractivity contribution in [1.82, 2.24) is 0 Å². The fraction of sp³-hybridized carbons (Fsp3) is 1.00. The van der Waals surface area contributed by atoms with Gasteiger partial charge in [-0.25, -0.2) is 0 Å². The van der Waals surface area contributed by atoms with Crippen LogP contribution < -0.4 is 0 Å². The SMILES string of the molecule is CC1(C)C(C)(C)C(C)(C)C2(CC2)C1(C)C. The monoisotopic (exact) mass is 208 g/mol. The van der Waals surface area contributed by atoms with Crippen LogP contribution in [0, 0.1) is 27.1 Å². The molecule has 1 spiro atoms. The smallest absolute Gasteiger partial charge is 0.0184 e. The molecule has 0 heterocycles. The number of hydrogen-bond acceptors (Lipinski definition) is 0. The van der Waals surface area contributed by atoms with Gasteiger partial charge in [0.2, 0.25) is 0 Å². The average molecular weight is 208 g/mol. The summed E-state index contributed by atoms with van der Waals surface area (Å²) in [6, 6.07) is 0. The second kappa shape index (κ2) is 2.31. The Hall–Kier alpha value is 0. The third-order valence-electron chi connectivity index (χ3n) is 7.83. The first kappa shape index (κ1) is 11.5. The Morgan fingerprint density at radius 3 is 0.867 bits per heavy atom. The number of hydrogen-bond donors (Lipinski definition) is 0. The van der Waals surface area contributed by atoms with Crippen LogP contribution in [-0.4, -0.2) is 0 Å². The summed E-state index contributed by atoms with van der Waals surface area (Å²) < 4.78 is 0. The predicted molar refractivity (Wildman–Crippen MR) is 66.8 cm³/mol. The van der Waals surface area contributed by atoms with Crippen LogP contribution in [0.4, 0.5) is 0 Å². The van der Waals surface area contributed by atoms with Crippen molar-refractivity contribution in [2.45, 2.75) is 68.2 Å². The summed E-state index contributed by atoms with van der Waals surface area (Å²) in [6.07, 6.45) is 2.89. The minimum atomic E-state index is 0.417. The highest BCUT2D eigenvalue weighted by Crippen LogP contribution is 2.85. The van der Waals surface area contributed by atoms with E-state index < -0.39 is 0 Å². The fourth-order valence-corrected chi connectivity index (χ4v) is 4.92. The molecule has 2 rings (SSSR count). The van der Waals surface area contributed by atoms with Gasteiger partial charge in [-0.2, -0.15) is 0 Å². The Labute approximate surface area is 95.8 Å². The minimum absolute atomic E-state index is 0.417. The lowest BCUT2D eigenvalue weighted by Crippen LogP contribution is -2.40. The maximum Gasteiger partial charge on any atom is -0.0184 e. The predicted octanol–water partition coefficient (Wildman–Crippen LogP) is 4.89. The molecule has 0 unspecified atom stereocenters. The van der Waals surface area contributed by atoms with Crippen molar-refractivity contribution in [3.63, 3.8) is 0 Å². The molecule has 0 aliphatic heterocycles. The molecule has 0 nitrogen and oxygen atoms in total. The van der Waals surface area contributed by atoms with Gasteiger partial charge in [-0.05, 0) is 39.9 Å². The lowest BCUT2D eigenvalue weighted by molar-refractivity contribution is 0.0135. The molecular formula is C15H28. The Bertz CT molecular complexity index is 226. The van der Waals surface area contributed by atoms with Crippen molar-refractivity contribution in [2.24, 2.45) is 27.1 Å². The van der Waals surface area contributed by atoms with Crippen LogP contribution in [0.2, 0.25) is 0 Å². The molecule has 2 fully saturated rings. The molecule has 0 amide bonds. The summed E-state index contributed by atoms with van der Waals surface area (Å²) in [7, 11) is 0. The van der Waals surface area contributed by atoms with E-state index in [4.69, 9.17) is 0 Å². The Morgan fingerprint density at radius 2 is 0.733 bits per heavy atom. The van der Waals surface area contributed by atoms with E-state index in [-0.39, 0.29) is 0 Å². The molecule has 88 valence electrons. The van der Waals surface area contributed by atoms with Crippen LogP contribution in [0.5, 0.6) is 0 Å². The first-order valence-electron chi connectivity index (χ1n) is 6.46. The number of rotatable bonds is 0. The average Bonchev–Trinajstić information content (AvgIpc) is 2.80. The zero-order chi connectivity index (χ0) is 11.9. The fourth-order valence-electron chi connectivity index (χ4n) is 4.92. The highest BCUT2D eigenvalue weighted by atomic mass is 14.8. The van der Waals surface area contributed by atoms with Crippen molar-refractivity contribution in [2.75, 3.05) is 0 Å². The lowest BCUT2D eigenvalue weighted by atomic mass is 9.57. The third-order valence-corrected chi connectivity index (χ3v) is 7.83. The third kappa shape index (κ3) is 0.806. The summed E-state index contributed by atoms with van der Waals surface area (Å²) in [6.45, 7) is 20.0. The quantitative estimate of drug-likeness (QED) is 0.532. The zero-order valence-electron chi connectivity index (χ0n) is 11.9. The molecule has 2 saturated carbocycles. The van der Waals surface area contributed by atoms with Gasteiger partial charge in [0.25, 0.3) is 0 Å². The zero-order valence-corrected chi connectivity index (χ0v) is 11.9. The van der Waals surface area contributed by atoms with Gasteiger partial charge in [0.1, 0.15) is 0 Å². The van der Waals surface area contributed by atoms with E-state index in [1.54, 1.807) is 0 Å². The molecule has 0 atom stereocenters. The van der Waals surface area contributed by atoms with Crippen molar-refractivity contribution in [1.29, 1.82) is 0 Å². The lowest BCUT2D eigenvalue weighted by Gasteiger charge is -2.47. The maximum absolute atomic E-state index is 2.51. The van der Waals surface area contributed by atoms with E-state index >= 15 is 0 Å². The second-order valence-electron chi connectivity index (χ2n) is 8.08. The first-order valence-corrected chi connectivity index (χ1v) is 6.46. The van der Waals surface area contributed by atoms with E-state index in [9.17, 15) is 0 Å². The van der Waals surface area contributed by atoms with Gasteiger partial charge in [0, 0.05) is 0 Å². The molecule has 0 radical (unpaired) electrons. The second-order valence-corrected chi connectivity index (χ2v) is 8.08. The van der Waals surface area contributed by atoms with Gasteiger partial charge in [-0.15, -0.1) is 0 Å². The Morgan fingerprint density at radius 1 is 0.467 bits per heavy atom. The van der Waals surface area contributed by atoms with E-state index in [1.807, 2.05) is 0 Å². The van der Waals surface area contributed by atoms with Crippen LogP contribution in [0.3, 0.4) is 0 Å². The van der Waals surface area contributed by atoms with Gasteiger partial charge in [-0.1, -0.05) is 55.4 Å². The molecule has 0 aromatic heterocycles. The summed E-state index contributed by atoms with van der Waals surface area (Å²) in [4.78, 5) is 0. The summed E-state index contributed by atoms with van der Waals surface area (Å²) in [5.41, 5.74) is 2.37. The van der Waals surface area contributed by atoms with Gasteiger partial charge in [-0.3, -0.25) is 0 Å². The van der Waals surface area contributed by atoms with Crippen LogP contribution in [0.15, 0.2) is 0 Å². The molecule has 0 saturated heterocycles. The molecule has 15 heavy (non-hydrogen) atoms. The van der Waals surface area contributed by atoms with Crippen molar-refractivity contribution in [3.8, 4) is 0 Å². The molecule has 2 aliphatic rings. The van der Waals surface area contributed by atoms with Crippen LogP contribution in [-0.2, 0) is 0 Å². The van der Waals surface area contributed by atoms with E-state index in [2.05, 4.69) is 55.4 Å². The minimum Gasteiger partial charge on any atom is -0.0588 e. The van der Waals surface area contributed by atoms with E-state index in [1.165, 1.54) is 12.8 Å². The summed E-state index contributed by atoms with van der Waals surface area (Å²) in [5, 5.41) is 0. The molecule has 0 N–H and O–H groups in total. The van der Waals surface area contributed by atoms with Crippen LogP contribution >= 0.6 is 0 Å². The highest BCUT2D eigenvalue weighted by Gasteiger charge is 2.78. The Balaban J connectivity index is 2.66. The molecule has 0 bridgehead atoms.